The quantitative estimate of drug-likeness (QED) is 0.401. The lowest BCUT2D eigenvalue weighted by atomic mass is 10.1. The second-order valence-electron chi connectivity index (χ2n) is 6.28. The molecule has 3 rings (SSSR count). The number of benzene rings is 1. The lowest BCUT2D eigenvalue weighted by Crippen LogP contribution is -2.41. The summed E-state index contributed by atoms with van der Waals surface area (Å²) in [4.78, 5) is 6.97. The van der Waals surface area contributed by atoms with Gasteiger partial charge in [-0.3, -0.25) is 4.99 Å². The Morgan fingerprint density at radius 2 is 2.16 bits per heavy atom. The van der Waals surface area contributed by atoms with Crippen molar-refractivity contribution in [3.8, 4) is 11.5 Å². The molecule has 0 spiro atoms. The Bertz CT molecular complexity index is 577. The van der Waals surface area contributed by atoms with Crippen LogP contribution < -0.4 is 14.8 Å². The van der Waals surface area contributed by atoms with Gasteiger partial charge in [0.25, 0.3) is 0 Å². The van der Waals surface area contributed by atoms with Crippen molar-refractivity contribution in [3.05, 3.63) is 23.8 Å². The van der Waals surface area contributed by atoms with Crippen molar-refractivity contribution in [2.24, 2.45) is 10.9 Å². The number of guanidine groups is 1. The lowest BCUT2D eigenvalue weighted by molar-refractivity contribution is 0.174. The smallest absolute Gasteiger partial charge is 0.231 e. The third-order valence-corrected chi connectivity index (χ3v) is 4.35. The third kappa shape index (κ3) is 5.64. The van der Waals surface area contributed by atoms with Gasteiger partial charge in [0, 0.05) is 39.2 Å². The van der Waals surface area contributed by atoms with E-state index >= 15 is 0 Å². The monoisotopic (exact) mass is 461 g/mol. The van der Waals surface area contributed by atoms with Crippen LogP contribution in [0.2, 0.25) is 0 Å². The maximum atomic E-state index is 5.46. The lowest BCUT2D eigenvalue weighted by Gasteiger charge is -2.24. The first-order chi connectivity index (χ1) is 11.8. The molecule has 2 aliphatic rings. The van der Waals surface area contributed by atoms with E-state index in [4.69, 9.17) is 19.2 Å². The number of hydrogen-bond donors (Lipinski definition) is 1. The molecule has 0 saturated carbocycles. The fourth-order valence-electron chi connectivity index (χ4n) is 3.06. The van der Waals surface area contributed by atoms with E-state index in [1.165, 1.54) is 5.56 Å². The summed E-state index contributed by atoms with van der Waals surface area (Å²) in [5.74, 6) is 3.23. The Labute approximate surface area is 166 Å². The van der Waals surface area contributed by atoms with Gasteiger partial charge in [0.2, 0.25) is 6.79 Å². The van der Waals surface area contributed by atoms with Crippen LogP contribution in [0.5, 0.6) is 11.5 Å². The molecule has 0 bridgehead atoms. The summed E-state index contributed by atoms with van der Waals surface area (Å²) in [7, 11) is 2.10. The maximum absolute atomic E-state index is 5.46. The number of nitrogens with one attached hydrogen (secondary N) is 1. The van der Waals surface area contributed by atoms with Gasteiger partial charge in [-0.25, -0.2) is 0 Å². The van der Waals surface area contributed by atoms with Crippen LogP contribution >= 0.6 is 24.0 Å². The van der Waals surface area contributed by atoms with Gasteiger partial charge in [-0.2, -0.15) is 0 Å². The molecule has 140 valence electrons. The van der Waals surface area contributed by atoms with E-state index in [0.717, 1.165) is 63.1 Å². The molecule has 1 aromatic carbocycles. The topological polar surface area (TPSA) is 55.3 Å². The van der Waals surface area contributed by atoms with Crippen molar-refractivity contribution in [1.82, 2.24) is 10.2 Å². The summed E-state index contributed by atoms with van der Waals surface area (Å²) in [6, 6.07) is 6.10. The Kier molecular flexibility index (Phi) is 8.08. The summed E-state index contributed by atoms with van der Waals surface area (Å²) in [5, 5.41) is 3.37. The molecule has 0 aromatic heterocycles. The third-order valence-electron chi connectivity index (χ3n) is 4.35. The second kappa shape index (κ2) is 10.1. The van der Waals surface area contributed by atoms with E-state index in [2.05, 4.69) is 30.3 Å². The minimum atomic E-state index is 0. The molecule has 0 amide bonds. The Hall–Kier alpha value is -1.22. The van der Waals surface area contributed by atoms with E-state index in [1.54, 1.807) is 0 Å². The number of aliphatic imine (C=N–C) groups is 1. The SMILES string of the molecule is CCNC(=NCCc1ccc2c(c1)OCO2)N(C)CC1CCOC1.I. The van der Waals surface area contributed by atoms with E-state index in [-0.39, 0.29) is 24.0 Å². The van der Waals surface area contributed by atoms with Crippen LogP contribution in [0, 0.1) is 5.92 Å². The van der Waals surface area contributed by atoms with Gasteiger partial charge in [-0.1, -0.05) is 6.07 Å². The first kappa shape index (κ1) is 20.1. The number of nitrogens with zero attached hydrogens (tertiary/aromatic N) is 2. The number of hydrogen-bond acceptors (Lipinski definition) is 4. The largest absolute Gasteiger partial charge is 0.454 e. The van der Waals surface area contributed by atoms with Crippen molar-refractivity contribution in [1.29, 1.82) is 0 Å². The van der Waals surface area contributed by atoms with Gasteiger partial charge in [0.1, 0.15) is 0 Å². The van der Waals surface area contributed by atoms with Gasteiger partial charge >= 0.3 is 0 Å². The summed E-state index contributed by atoms with van der Waals surface area (Å²) in [6.45, 7) is 6.76. The molecular weight excluding hydrogens is 433 g/mol. The zero-order chi connectivity index (χ0) is 16.8. The number of ether oxygens (including phenoxy) is 3. The Morgan fingerprint density at radius 3 is 2.92 bits per heavy atom. The van der Waals surface area contributed by atoms with Crippen LogP contribution in [0.4, 0.5) is 0 Å². The van der Waals surface area contributed by atoms with Gasteiger partial charge < -0.3 is 24.4 Å². The van der Waals surface area contributed by atoms with E-state index in [0.29, 0.717) is 12.7 Å². The van der Waals surface area contributed by atoms with Gasteiger partial charge in [-0.15, -0.1) is 24.0 Å². The molecule has 2 aliphatic heterocycles. The van der Waals surface area contributed by atoms with Crippen LogP contribution in [0.15, 0.2) is 23.2 Å². The highest BCUT2D eigenvalue weighted by Gasteiger charge is 2.19. The van der Waals surface area contributed by atoms with E-state index in [1.807, 2.05) is 12.1 Å². The highest BCUT2D eigenvalue weighted by molar-refractivity contribution is 14.0. The zero-order valence-corrected chi connectivity index (χ0v) is 17.3. The van der Waals surface area contributed by atoms with Crippen molar-refractivity contribution < 1.29 is 14.2 Å². The normalized spacial score (nSPS) is 18.8. The highest BCUT2D eigenvalue weighted by Crippen LogP contribution is 2.32. The Balaban J connectivity index is 0.00000225. The summed E-state index contributed by atoms with van der Waals surface area (Å²) in [6.07, 6.45) is 2.02. The molecule has 7 heteroatoms. The average molecular weight is 461 g/mol. The first-order valence-corrected chi connectivity index (χ1v) is 8.72. The summed E-state index contributed by atoms with van der Waals surface area (Å²) < 4.78 is 16.2. The molecule has 0 radical (unpaired) electrons. The van der Waals surface area contributed by atoms with Crippen molar-refractivity contribution in [2.75, 3.05) is 46.7 Å². The predicted octanol–water partition coefficient (Wildman–Crippen LogP) is 2.51. The van der Waals surface area contributed by atoms with Crippen molar-refractivity contribution in [3.63, 3.8) is 0 Å². The average Bonchev–Trinajstić information content (AvgIpc) is 3.24. The fraction of sp³-hybridized carbons (Fsp3) is 0.611. The second-order valence-corrected chi connectivity index (χ2v) is 6.28. The van der Waals surface area contributed by atoms with Gasteiger partial charge in [-0.05, 0) is 37.5 Å². The number of halogens is 1. The van der Waals surface area contributed by atoms with Crippen LogP contribution in [-0.4, -0.2) is 57.5 Å². The minimum absolute atomic E-state index is 0. The molecule has 1 unspecified atom stereocenters. The zero-order valence-electron chi connectivity index (χ0n) is 15.0. The molecule has 1 aromatic rings. The van der Waals surface area contributed by atoms with Crippen molar-refractivity contribution >= 4 is 29.9 Å². The standard InChI is InChI=1S/C18H27N3O3.HI/c1-3-19-18(21(2)11-15-7-9-22-12-15)20-8-6-14-4-5-16-17(10-14)24-13-23-16;/h4-5,10,15H,3,6-9,11-13H2,1-2H3,(H,19,20);1H. The molecule has 0 aliphatic carbocycles. The fourth-order valence-corrected chi connectivity index (χ4v) is 3.06. The molecule has 2 heterocycles. The van der Waals surface area contributed by atoms with Gasteiger partial charge in [0.05, 0.1) is 6.61 Å². The summed E-state index contributed by atoms with van der Waals surface area (Å²) in [5.41, 5.74) is 1.21. The van der Waals surface area contributed by atoms with Crippen LogP contribution in [0.25, 0.3) is 0 Å². The first-order valence-electron chi connectivity index (χ1n) is 8.72. The molecule has 1 fully saturated rings. The van der Waals surface area contributed by atoms with Crippen LogP contribution in [0.1, 0.15) is 18.9 Å². The summed E-state index contributed by atoms with van der Waals surface area (Å²) >= 11 is 0. The van der Waals surface area contributed by atoms with E-state index in [9.17, 15) is 0 Å². The number of fused-ring (bicyclic) bond motifs is 1. The molecule has 1 atom stereocenters. The maximum Gasteiger partial charge on any atom is 0.231 e. The number of rotatable bonds is 6. The Morgan fingerprint density at radius 1 is 1.32 bits per heavy atom. The molecular formula is C18H28IN3O3. The van der Waals surface area contributed by atoms with Crippen LogP contribution in [-0.2, 0) is 11.2 Å². The van der Waals surface area contributed by atoms with Gasteiger partial charge in [0.15, 0.2) is 17.5 Å². The van der Waals surface area contributed by atoms with Crippen molar-refractivity contribution in [2.45, 2.75) is 19.8 Å². The molecule has 6 nitrogen and oxygen atoms in total. The minimum Gasteiger partial charge on any atom is -0.454 e. The van der Waals surface area contributed by atoms with Crippen LogP contribution in [0.3, 0.4) is 0 Å². The highest BCUT2D eigenvalue weighted by atomic mass is 127. The predicted molar refractivity (Wildman–Crippen MR) is 109 cm³/mol. The van der Waals surface area contributed by atoms with E-state index < -0.39 is 0 Å². The molecule has 1 N–H and O–H groups in total. The molecule has 1 saturated heterocycles. The molecule has 25 heavy (non-hydrogen) atoms.